The first kappa shape index (κ1) is 21.9. The third-order valence-electron chi connectivity index (χ3n) is 4.49. The van der Waals surface area contributed by atoms with E-state index in [1.165, 1.54) is 26.7 Å². The van der Waals surface area contributed by atoms with Crippen LogP contribution in [0.2, 0.25) is 0 Å². The van der Waals surface area contributed by atoms with Crippen molar-refractivity contribution in [3.63, 3.8) is 0 Å². The summed E-state index contributed by atoms with van der Waals surface area (Å²) in [6.07, 6.45) is 2.32. The molecule has 1 atom stereocenters. The van der Waals surface area contributed by atoms with Gasteiger partial charge in [0.25, 0.3) is 5.97 Å². The number of alkyl halides is 3. The zero-order valence-corrected chi connectivity index (χ0v) is 15.2. The molecule has 1 N–H and O–H groups in total. The van der Waals surface area contributed by atoms with Gasteiger partial charge in [0, 0.05) is 14.2 Å². The maximum absolute atomic E-state index is 13.0. The number of ether oxygens (including phenoxy) is 2. The molecule has 0 spiro atoms. The Morgan fingerprint density at radius 1 is 1.00 bits per heavy atom. The molecule has 0 bridgehead atoms. The van der Waals surface area contributed by atoms with E-state index in [-0.39, 0.29) is 0 Å². The van der Waals surface area contributed by atoms with E-state index in [0.29, 0.717) is 12.0 Å². The summed E-state index contributed by atoms with van der Waals surface area (Å²) in [5.74, 6) is -2.65. The van der Waals surface area contributed by atoms with Gasteiger partial charge in [0.05, 0.1) is 11.5 Å². The highest BCUT2D eigenvalue weighted by molar-refractivity contribution is 5.29. The molecular formula is C19H29F3O3. The molecule has 0 aliphatic rings. The number of unbranched alkanes of at least 4 members (excludes halogenated alkanes) is 5. The van der Waals surface area contributed by atoms with Gasteiger partial charge >= 0.3 is 6.18 Å². The van der Waals surface area contributed by atoms with E-state index in [4.69, 9.17) is 9.47 Å². The fourth-order valence-corrected chi connectivity index (χ4v) is 2.99. The van der Waals surface area contributed by atoms with Crippen molar-refractivity contribution in [3.05, 3.63) is 35.4 Å². The van der Waals surface area contributed by atoms with Crippen LogP contribution in [0.3, 0.4) is 0 Å². The van der Waals surface area contributed by atoms with Crippen molar-refractivity contribution >= 4 is 0 Å². The van der Waals surface area contributed by atoms with Crippen molar-refractivity contribution in [3.8, 4) is 0 Å². The molecule has 25 heavy (non-hydrogen) atoms. The van der Waals surface area contributed by atoms with Gasteiger partial charge in [0.2, 0.25) is 0 Å². The van der Waals surface area contributed by atoms with E-state index in [0.717, 1.165) is 44.2 Å². The van der Waals surface area contributed by atoms with E-state index in [2.05, 4.69) is 6.92 Å². The van der Waals surface area contributed by atoms with Gasteiger partial charge in [-0.25, -0.2) is 0 Å². The highest BCUT2D eigenvalue weighted by atomic mass is 19.4. The van der Waals surface area contributed by atoms with Crippen LogP contribution in [0, 0.1) is 0 Å². The smallest absolute Gasteiger partial charge is 0.343 e. The molecule has 0 aliphatic heterocycles. The second kappa shape index (κ2) is 10.1. The first-order chi connectivity index (χ1) is 11.8. The topological polar surface area (TPSA) is 38.7 Å². The number of hydrogen-bond donors (Lipinski definition) is 1. The maximum Gasteiger partial charge on any atom is 0.416 e. The third kappa shape index (κ3) is 6.60. The molecule has 0 heterocycles. The van der Waals surface area contributed by atoms with Crippen LogP contribution in [-0.2, 0) is 15.7 Å². The first-order valence-electron chi connectivity index (χ1n) is 8.78. The Morgan fingerprint density at radius 2 is 1.60 bits per heavy atom. The van der Waals surface area contributed by atoms with E-state index < -0.39 is 23.6 Å². The summed E-state index contributed by atoms with van der Waals surface area (Å²) in [6, 6.07) is 4.99. The molecule has 0 saturated heterocycles. The molecule has 1 rings (SSSR count). The van der Waals surface area contributed by atoms with E-state index in [1.54, 1.807) is 6.07 Å². The number of halogens is 3. The molecule has 1 aromatic carbocycles. The van der Waals surface area contributed by atoms with Crippen LogP contribution < -0.4 is 0 Å². The Bertz CT molecular complexity index is 499. The molecule has 6 heteroatoms. The molecule has 0 fully saturated rings. The SMILES string of the molecule is CCCCCCCCC(c1cccc(C(F)(F)F)c1)C(O)(OC)OC. The molecule has 144 valence electrons. The van der Waals surface area contributed by atoms with Crippen molar-refractivity contribution in [2.24, 2.45) is 0 Å². The lowest BCUT2D eigenvalue weighted by Gasteiger charge is -2.33. The van der Waals surface area contributed by atoms with Gasteiger partial charge in [-0.1, -0.05) is 63.6 Å². The second-order valence-corrected chi connectivity index (χ2v) is 6.27. The number of methoxy groups -OCH3 is 2. The Labute approximate surface area is 148 Å². The van der Waals surface area contributed by atoms with Crippen LogP contribution in [0.15, 0.2) is 24.3 Å². The largest absolute Gasteiger partial charge is 0.416 e. The summed E-state index contributed by atoms with van der Waals surface area (Å²) in [6.45, 7) is 2.14. The Hall–Kier alpha value is -1.11. The Kier molecular flexibility index (Phi) is 8.89. The average molecular weight is 362 g/mol. The van der Waals surface area contributed by atoms with Crippen LogP contribution in [0.4, 0.5) is 13.2 Å². The van der Waals surface area contributed by atoms with Crippen molar-refractivity contribution in [2.75, 3.05) is 14.2 Å². The van der Waals surface area contributed by atoms with Crippen molar-refractivity contribution in [2.45, 2.75) is 69.9 Å². The van der Waals surface area contributed by atoms with E-state index in [9.17, 15) is 18.3 Å². The summed E-state index contributed by atoms with van der Waals surface area (Å²) < 4.78 is 49.1. The zero-order valence-electron chi connectivity index (χ0n) is 15.2. The minimum absolute atomic E-state index is 0.356. The molecule has 0 saturated carbocycles. The van der Waals surface area contributed by atoms with Gasteiger partial charge in [-0.3, -0.25) is 0 Å². The number of rotatable bonds is 11. The lowest BCUT2D eigenvalue weighted by atomic mass is 9.89. The molecule has 1 aromatic rings. The molecule has 0 radical (unpaired) electrons. The van der Waals surface area contributed by atoms with Gasteiger partial charge in [-0.15, -0.1) is 0 Å². The lowest BCUT2D eigenvalue weighted by molar-refractivity contribution is -0.353. The summed E-state index contributed by atoms with van der Waals surface area (Å²) in [5.41, 5.74) is -0.387. The predicted octanol–water partition coefficient (Wildman–Crippen LogP) is 5.48. The molecule has 0 amide bonds. The quantitative estimate of drug-likeness (QED) is 0.418. The minimum Gasteiger partial charge on any atom is -0.343 e. The van der Waals surface area contributed by atoms with Crippen molar-refractivity contribution in [1.82, 2.24) is 0 Å². The van der Waals surface area contributed by atoms with Gasteiger partial charge in [0.15, 0.2) is 0 Å². The third-order valence-corrected chi connectivity index (χ3v) is 4.49. The fourth-order valence-electron chi connectivity index (χ4n) is 2.99. The zero-order chi connectivity index (χ0) is 18.9. The number of benzene rings is 1. The van der Waals surface area contributed by atoms with Crippen LogP contribution in [0.25, 0.3) is 0 Å². The van der Waals surface area contributed by atoms with Crippen molar-refractivity contribution in [1.29, 1.82) is 0 Å². The highest BCUT2D eigenvalue weighted by Gasteiger charge is 2.39. The Balaban J connectivity index is 2.92. The monoisotopic (exact) mass is 362 g/mol. The van der Waals surface area contributed by atoms with Crippen LogP contribution in [0.5, 0.6) is 0 Å². The van der Waals surface area contributed by atoms with Crippen molar-refractivity contribution < 1.29 is 27.8 Å². The molecule has 3 nitrogen and oxygen atoms in total. The average Bonchev–Trinajstić information content (AvgIpc) is 2.60. The van der Waals surface area contributed by atoms with Gasteiger partial charge in [-0.05, 0) is 18.1 Å². The predicted molar refractivity (Wildman–Crippen MR) is 91.1 cm³/mol. The Morgan fingerprint density at radius 3 is 2.16 bits per heavy atom. The summed E-state index contributed by atoms with van der Waals surface area (Å²) in [7, 11) is 2.57. The summed E-state index contributed by atoms with van der Waals surface area (Å²) >= 11 is 0. The summed E-state index contributed by atoms with van der Waals surface area (Å²) in [5, 5.41) is 10.6. The molecule has 1 unspecified atom stereocenters. The van der Waals surface area contributed by atoms with Crippen LogP contribution >= 0.6 is 0 Å². The van der Waals surface area contributed by atoms with Gasteiger partial charge in [0.1, 0.15) is 0 Å². The number of aliphatic hydroxyl groups is 1. The molecule has 0 aliphatic carbocycles. The van der Waals surface area contributed by atoms with Gasteiger partial charge in [-0.2, -0.15) is 13.2 Å². The second-order valence-electron chi connectivity index (χ2n) is 6.27. The highest BCUT2D eigenvalue weighted by Crippen LogP contribution is 2.37. The minimum atomic E-state index is -4.43. The fraction of sp³-hybridized carbons (Fsp3) is 0.684. The van der Waals surface area contributed by atoms with Crippen LogP contribution in [-0.4, -0.2) is 25.3 Å². The molecule has 0 aromatic heterocycles. The number of hydrogen-bond acceptors (Lipinski definition) is 3. The standard InChI is InChI=1S/C19H29F3O3/c1-4-5-6-7-8-9-13-17(19(23,24-2)25-3)15-11-10-12-16(14-15)18(20,21)22/h10-12,14,17,23H,4-9,13H2,1-3H3. The summed E-state index contributed by atoms with van der Waals surface area (Å²) in [4.78, 5) is 0. The maximum atomic E-state index is 13.0. The lowest BCUT2D eigenvalue weighted by Crippen LogP contribution is -2.40. The first-order valence-corrected chi connectivity index (χ1v) is 8.78. The van der Waals surface area contributed by atoms with Crippen LogP contribution in [0.1, 0.15) is 68.9 Å². The van der Waals surface area contributed by atoms with E-state index in [1.807, 2.05) is 0 Å². The molecular weight excluding hydrogens is 333 g/mol. The van der Waals surface area contributed by atoms with Gasteiger partial charge < -0.3 is 14.6 Å². The normalized spacial score (nSPS) is 13.9. The van der Waals surface area contributed by atoms with E-state index >= 15 is 0 Å².